The molecule has 0 aliphatic carbocycles. The van der Waals surface area contributed by atoms with Gasteiger partial charge in [-0.1, -0.05) is 54.6 Å². The van der Waals surface area contributed by atoms with Gasteiger partial charge in [-0.25, -0.2) is 0 Å². The SMILES string of the molecule is CN=C(NCc1cccc(COC2CCOCC2)c1)N(C)Cc1ccccc1. The van der Waals surface area contributed by atoms with E-state index in [1.165, 1.54) is 16.7 Å². The van der Waals surface area contributed by atoms with Crippen molar-refractivity contribution in [2.45, 2.75) is 38.6 Å². The predicted molar refractivity (Wildman–Crippen MR) is 113 cm³/mol. The number of benzene rings is 2. The molecule has 0 saturated carbocycles. The number of guanidine groups is 1. The first kappa shape index (κ1) is 20.4. The summed E-state index contributed by atoms with van der Waals surface area (Å²) in [6, 6.07) is 19.0. The highest BCUT2D eigenvalue weighted by molar-refractivity contribution is 5.79. The minimum Gasteiger partial charge on any atom is -0.381 e. The average Bonchev–Trinajstić information content (AvgIpc) is 2.74. The Morgan fingerprint density at radius 3 is 2.54 bits per heavy atom. The van der Waals surface area contributed by atoms with Gasteiger partial charge in [-0.05, 0) is 29.5 Å². The second kappa shape index (κ2) is 10.8. The molecule has 2 aromatic carbocycles. The molecule has 0 aromatic heterocycles. The fourth-order valence-electron chi connectivity index (χ4n) is 3.38. The molecule has 0 unspecified atom stereocenters. The third-order valence-corrected chi connectivity index (χ3v) is 4.93. The Kier molecular flexibility index (Phi) is 7.88. The molecule has 0 amide bonds. The minimum atomic E-state index is 0.320. The molecule has 0 bridgehead atoms. The van der Waals surface area contributed by atoms with Crippen LogP contribution in [0.1, 0.15) is 29.5 Å². The standard InChI is InChI=1S/C23H31N3O2/c1-24-23(26(2)17-19-7-4-3-5-8-19)25-16-20-9-6-10-21(15-20)18-28-22-11-13-27-14-12-22/h3-10,15,22H,11-14,16-18H2,1-2H3,(H,24,25). The van der Waals surface area contributed by atoms with Crippen LogP contribution in [0, 0.1) is 0 Å². The van der Waals surface area contributed by atoms with Crippen molar-refractivity contribution < 1.29 is 9.47 Å². The predicted octanol–water partition coefficient (Wildman–Crippen LogP) is 3.59. The van der Waals surface area contributed by atoms with E-state index in [-0.39, 0.29) is 0 Å². The van der Waals surface area contributed by atoms with Gasteiger partial charge in [-0.2, -0.15) is 0 Å². The first-order valence-electron chi connectivity index (χ1n) is 9.97. The average molecular weight is 382 g/mol. The number of nitrogens with zero attached hydrogens (tertiary/aromatic N) is 2. The maximum absolute atomic E-state index is 6.04. The molecule has 0 radical (unpaired) electrons. The summed E-state index contributed by atoms with van der Waals surface area (Å²) in [6.45, 7) is 3.83. The Labute approximate surface area is 168 Å². The van der Waals surface area contributed by atoms with E-state index in [1.807, 2.05) is 13.1 Å². The minimum absolute atomic E-state index is 0.320. The molecular formula is C23H31N3O2. The van der Waals surface area contributed by atoms with Crippen molar-refractivity contribution in [3.05, 3.63) is 71.3 Å². The highest BCUT2D eigenvalue weighted by Gasteiger charge is 2.14. The zero-order chi connectivity index (χ0) is 19.6. The van der Waals surface area contributed by atoms with Gasteiger partial charge in [0.15, 0.2) is 5.96 Å². The van der Waals surface area contributed by atoms with Crippen molar-refractivity contribution in [3.8, 4) is 0 Å². The normalized spacial score (nSPS) is 15.4. The molecule has 0 atom stereocenters. The van der Waals surface area contributed by atoms with Crippen molar-refractivity contribution >= 4 is 5.96 Å². The van der Waals surface area contributed by atoms with Crippen LogP contribution < -0.4 is 5.32 Å². The first-order valence-corrected chi connectivity index (χ1v) is 9.97. The quantitative estimate of drug-likeness (QED) is 0.588. The summed E-state index contributed by atoms with van der Waals surface area (Å²) in [4.78, 5) is 6.55. The van der Waals surface area contributed by atoms with Crippen LogP contribution in [0.25, 0.3) is 0 Å². The van der Waals surface area contributed by atoms with E-state index in [0.717, 1.165) is 45.1 Å². The zero-order valence-electron chi connectivity index (χ0n) is 16.9. The van der Waals surface area contributed by atoms with E-state index >= 15 is 0 Å². The van der Waals surface area contributed by atoms with Crippen molar-refractivity contribution in [2.75, 3.05) is 27.3 Å². The Morgan fingerprint density at radius 2 is 1.79 bits per heavy atom. The van der Waals surface area contributed by atoms with Gasteiger partial charge in [0, 0.05) is 40.4 Å². The van der Waals surface area contributed by atoms with Crippen LogP contribution in [0.4, 0.5) is 0 Å². The highest BCUT2D eigenvalue weighted by Crippen LogP contribution is 2.14. The smallest absolute Gasteiger partial charge is 0.193 e. The maximum Gasteiger partial charge on any atom is 0.193 e. The molecular weight excluding hydrogens is 350 g/mol. The summed E-state index contributed by atoms with van der Waals surface area (Å²) < 4.78 is 11.4. The second-order valence-corrected chi connectivity index (χ2v) is 7.19. The van der Waals surface area contributed by atoms with E-state index in [1.54, 1.807) is 0 Å². The molecule has 1 aliphatic rings. The number of ether oxygens (including phenoxy) is 2. The molecule has 0 spiro atoms. The molecule has 150 valence electrons. The van der Waals surface area contributed by atoms with Crippen molar-refractivity contribution in [3.63, 3.8) is 0 Å². The molecule has 1 aliphatic heterocycles. The molecule has 1 heterocycles. The van der Waals surface area contributed by atoms with Gasteiger partial charge < -0.3 is 19.7 Å². The molecule has 1 N–H and O–H groups in total. The van der Waals surface area contributed by atoms with Gasteiger partial charge in [0.1, 0.15) is 0 Å². The Bertz CT molecular complexity index is 743. The molecule has 1 fully saturated rings. The summed E-state index contributed by atoms with van der Waals surface area (Å²) in [5.74, 6) is 0.882. The van der Waals surface area contributed by atoms with Crippen LogP contribution in [0.5, 0.6) is 0 Å². The molecule has 28 heavy (non-hydrogen) atoms. The zero-order valence-corrected chi connectivity index (χ0v) is 16.9. The lowest BCUT2D eigenvalue weighted by atomic mass is 10.1. The summed E-state index contributed by atoms with van der Waals surface area (Å²) in [5.41, 5.74) is 3.70. The molecule has 3 rings (SSSR count). The van der Waals surface area contributed by atoms with Crippen LogP contribution in [-0.2, 0) is 29.2 Å². The summed E-state index contributed by atoms with van der Waals surface area (Å²) in [7, 11) is 3.88. The van der Waals surface area contributed by atoms with Crippen LogP contribution in [0.15, 0.2) is 59.6 Å². The van der Waals surface area contributed by atoms with Crippen molar-refractivity contribution in [2.24, 2.45) is 4.99 Å². The third kappa shape index (κ3) is 6.36. The molecule has 2 aromatic rings. The van der Waals surface area contributed by atoms with Gasteiger partial charge in [0.25, 0.3) is 0 Å². The third-order valence-electron chi connectivity index (χ3n) is 4.93. The number of hydrogen-bond acceptors (Lipinski definition) is 3. The van der Waals surface area contributed by atoms with E-state index in [0.29, 0.717) is 12.7 Å². The van der Waals surface area contributed by atoms with E-state index < -0.39 is 0 Å². The summed E-state index contributed by atoms with van der Waals surface area (Å²) in [6.07, 6.45) is 2.30. The number of rotatable bonds is 7. The van der Waals surface area contributed by atoms with E-state index in [2.05, 4.69) is 70.8 Å². The van der Waals surface area contributed by atoms with Crippen LogP contribution in [0.2, 0.25) is 0 Å². The van der Waals surface area contributed by atoms with Crippen molar-refractivity contribution in [1.82, 2.24) is 10.2 Å². The van der Waals surface area contributed by atoms with Crippen LogP contribution in [0.3, 0.4) is 0 Å². The Morgan fingerprint density at radius 1 is 1.07 bits per heavy atom. The fourth-order valence-corrected chi connectivity index (χ4v) is 3.38. The Balaban J connectivity index is 1.49. The highest BCUT2D eigenvalue weighted by atomic mass is 16.5. The van der Waals surface area contributed by atoms with Gasteiger partial charge in [0.2, 0.25) is 0 Å². The lowest BCUT2D eigenvalue weighted by Crippen LogP contribution is -2.38. The topological polar surface area (TPSA) is 46.1 Å². The largest absolute Gasteiger partial charge is 0.381 e. The van der Waals surface area contributed by atoms with Gasteiger partial charge >= 0.3 is 0 Å². The van der Waals surface area contributed by atoms with E-state index in [9.17, 15) is 0 Å². The fraction of sp³-hybridized carbons (Fsp3) is 0.435. The van der Waals surface area contributed by atoms with E-state index in [4.69, 9.17) is 9.47 Å². The summed E-state index contributed by atoms with van der Waals surface area (Å²) >= 11 is 0. The first-order chi connectivity index (χ1) is 13.7. The Hall–Kier alpha value is -2.37. The molecule has 5 nitrogen and oxygen atoms in total. The second-order valence-electron chi connectivity index (χ2n) is 7.19. The van der Waals surface area contributed by atoms with Gasteiger partial charge in [0.05, 0.1) is 12.7 Å². The van der Waals surface area contributed by atoms with Gasteiger partial charge in [-0.15, -0.1) is 0 Å². The number of hydrogen-bond donors (Lipinski definition) is 1. The van der Waals surface area contributed by atoms with Crippen LogP contribution >= 0.6 is 0 Å². The molecule has 1 saturated heterocycles. The monoisotopic (exact) mass is 381 g/mol. The number of nitrogens with one attached hydrogen (secondary N) is 1. The lowest BCUT2D eigenvalue weighted by molar-refractivity contribution is -0.0390. The molecule has 5 heteroatoms. The van der Waals surface area contributed by atoms with Crippen molar-refractivity contribution in [1.29, 1.82) is 0 Å². The number of aliphatic imine (C=N–C) groups is 1. The van der Waals surface area contributed by atoms with Gasteiger partial charge in [-0.3, -0.25) is 4.99 Å². The summed E-state index contributed by atoms with van der Waals surface area (Å²) in [5, 5.41) is 3.46. The maximum atomic E-state index is 6.04. The van der Waals surface area contributed by atoms with Crippen LogP contribution in [-0.4, -0.2) is 44.3 Å². The lowest BCUT2D eigenvalue weighted by Gasteiger charge is -2.23.